The minimum Gasteiger partial charge on any atom is -0.480 e. The maximum atomic E-state index is 11.2. The Morgan fingerprint density at radius 2 is 1.69 bits per heavy atom. The first-order valence-electron chi connectivity index (χ1n) is 9.40. The zero-order valence-electron chi connectivity index (χ0n) is 16.7. The standard InChI is InChI=1S/C12H24N2O3.C3H6S2.C2H6.C2H2/c1-2-3-8-11(15)14-9-6-4-5-7-10(13)12(16)17;1-2-4-5-3-1;2*1-2/h10H,2-9,13H2,1H3,(H,14,15)(H,16,17);1-3H2;1-2H3;1-2H/t10-;;;/m0.../s1. The summed E-state index contributed by atoms with van der Waals surface area (Å²) in [5.74, 6) is 1.92. The van der Waals surface area contributed by atoms with Crippen molar-refractivity contribution in [2.24, 2.45) is 5.73 Å². The molecule has 0 aromatic carbocycles. The Labute approximate surface area is 168 Å². The van der Waals surface area contributed by atoms with Gasteiger partial charge >= 0.3 is 5.97 Å². The lowest BCUT2D eigenvalue weighted by atomic mass is 10.1. The van der Waals surface area contributed by atoms with Gasteiger partial charge < -0.3 is 16.2 Å². The molecule has 1 amide bonds. The molecular formula is C19H38N2O3S2. The molecule has 1 atom stereocenters. The number of aliphatic carboxylic acids is 1. The summed E-state index contributed by atoms with van der Waals surface area (Å²) >= 11 is 0. The van der Waals surface area contributed by atoms with Crippen molar-refractivity contribution in [3.8, 4) is 12.8 Å². The molecule has 26 heavy (non-hydrogen) atoms. The normalized spacial score (nSPS) is 12.8. The van der Waals surface area contributed by atoms with Crippen molar-refractivity contribution in [2.45, 2.75) is 78.2 Å². The van der Waals surface area contributed by atoms with E-state index >= 15 is 0 Å². The molecule has 1 aliphatic rings. The van der Waals surface area contributed by atoms with E-state index in [2.05, 4.69) is 25.1 Å². The van der Waals surface area contributed by atoms with Crippen molar-refractivity contribution in [1.82, 2.24) is 5.32 Å². The number of rotatable bonds is 10. The molecule has 1 fully saturated rings. The summed E-state index contributed by atoms with van der Waals surface area (Å²) in [6.45, 7) is 6.73. The highest BCUT2D eigenvalue weighted by molar-refractivity contribution is 8.77. The molecule has 4 N–H and O–H groups in total. The van der Waals surface area contributed by atoms with Crippen LogP contribution in [-0.2, 0) is 9.59 Å². The highest BCUT2D eigenvalue weighted by atomic mass is 33.1. The van der Waals surface area contributed by atoms with Crippen molar-refractivity contribution in [3.05, 3.63) is 0 Å². The summed E-state index contributed by atoms with van der Waals surface area (Å²) in [5, 5.41) is 11.4. The lowest BCUT2D eigenvalue weighted by Crippen LogP contribution is -2.29. The van der Waals surface area contributed by atoms with Crippen molar-refractivity contribution < 1.29 is 14.7 Å². The Balaban J connectivity index is -0.000000483. The summed E-state index contributed by atoms with van der Waals surface area (Å²) in [5.41, 5.74) is 5.37. The predicted molar refractivity (Wildman–Crippen MR) is 117 cm³/mol. The van der Waals surface area contributed by atoms with E-state index in [9.17, 15) is 9.59 Å². The molecule has 0 aliphatic carbocycles. The molecule has 0 radical (unpaired) electrons. The van der Waals surface area contributed by atoms with E-state index < -0.39 is 12.0 Å². The first kappa shape index (κ1) is 29.9. The van der Waals surface area contributed by atoms with Gasteiger partial charge in [0.15, 0.2) is 0 Å². The van der Waals surface area contributed by atoms with Crippen LogP contribution in [0.25, 0.3) is 0 Å². The number of nitrogens with one attached hydrogen (secondary N) is 1. The highest BCUT2D eigenvalue weighted by Crippen LogP contribution is 2.29. The zero-order valence-corrected chi connectivity index (χ0v) is 18.3. The molecule has 0 spiro atoms. The van der Waals surface area contributed by atoms with Crippen LogP contribution in [0.3, 0.4) is 0 Å². The Morgan fingerprint density at radius 1 is 1.12 bits per heavy atom. The monoisotopic (exact) mass is 406 g/mol. The Morgan fingerprint density at radius 3 is 2.12 bits per heavy atom. The molecule has 0 aromatic rings. The number of nitrogens with two attached hydrogens (primary N) is 1. The number of unbranched alkanes of at least 4 members (excludes halogenated alkanes) is 3. The van der Waals surface area contributed by atoms with E-state index in [0.717, 1.165) is 32.1 Å². The molecule has 1 heterocycles. The smallest absolute Gasteiger partial charge is 0.320 e. The Hall–Kier alpha value is -0.840. The number of amides is 1. The molecule has 5 nitrogen and oxygen atoms in total. The Bertz CT molecular complexity index is 328. The van der Waals surface area contributed by atoms with Gasteiger partial charge in [-0.25, -0.2) is 0 Å². The van der Waals surface area contributed by atoms with Crippen LogP contribution in [0.5, 0.6) is 0 Å². The van der Waals surface area contributed by atoms with Gasteiger partial charge in [-0.2, -0.15) is 0 Å². The second-order valence-electron chi connectivity index (χ2n) is 5.25. The van der Waals surface area contributed by atoms with E-state index in [1.165, 1.54) is 17.9 Å². The summed E-state index contributed by atoms with van der Waals surface area (Å²) in [6, 6.07) is -0.755. The molecular weight excluding hydrogens is 368 g/mol. The van der Waals surface area contributed by atoms with Crippen LogP contribution in [-0.4, -0.2) is 41.1 Å². The van der Waals surface area contributed by atoms with E-state index in [4.69, 9.17) is 10.8 Å². The third kappa shape index (κ3) is 25.4. The van der Waals surface area contributed by atoms with Crippen LogP contribution in [0.4, 0.5) is 0 Å². The molecule has 0 aromatic heterocycles. The van der Waals surface area contributed by atoms with Crippen LogP contribution < -0.4 is 11.1 Å². The fourth-order valence-corrected chi connectivity index (χ4v) is 4.09. The summed E-state index contributed by atoms with van der Waals surface area (Å²) in [6.07, 6.45) is 15.0. The number of terminal acetylenes is 1. The van der Waals surface area contributed by atoms with Crippen molar-refractivity contribution >= 4 is 33.5 Å². The van der Waals surface area contributed by atoms with Crippen LogP contribution in [0, 0.1) is 12.8 Å². The highest BCUT2D eigenvalue weighted by Gasteiger charge is 2.09. The SMILES string of the molecule is C#C.C1CSSC1.CC.CCCCC(=O)NCCCCC[C@H](N)C(=O)O. The number of carbonyl (C=O) groups is 2. The quantitative estimate of drug-likeness (QED) is 0.284. The van der Waals surface area contributed by atoms with Gasteiger partial charge in [-0.05, 0) is 25.7 Å². The maximum absolute atomic E-state index is 11.2. The van der Waals surface area contributed by atoms with Gasteiger partial charge in [0, 0.05) is 24.5 Å². The average Bonchev–Trinajstić information content (AvgIpc) is 3.26. The van der Waals surface area contributed by atoms with Gasteiger partial charge in [0.1, 0.15) is 6.04 Å². The zero-order chi connectivity index (χ0) is 20.6. The molecule has 154 valence electrons. The molecule has 0 bridgehead atoms. The van der Waals surface area contributed by atoms with E-state index in [1.807, 2.05) is 35.4 Å². The van der Waals surface area contributed by atoms with Crippen molar-refractivity contribution in [1.29, 1.82) is 0 Å². The summed E-state index contributed by atoms with van der Waals surface area (Å²) in [7, 11) is 3.98. The van der Waals surface area contributed by atoms with Gasteiger partial charge in [0.2, 0.25) is 5.91 Å². The Kier molecular flexibility index (Phi) is 30.4. The van der Waals surface area contributed by atoms with Crippen molar-refractivity contribution in [2.75, 3.05) is 18.1 Å². The molecule has 1 aliphatic heterocycles. The topological polar surface area (TPSA) is 92.4 Å². The van der Waals surface area contributed by atoms with E-state index in [0.29, 0.717) is 19.4 Å². The van der Waals surface area contributed by atoms with Gasteiger partial charge in [0.25, 0.3) is 0 Å². The second kappa shape index (κ2) is 26.4. The van der Waals surface area contributed by atoms with Gasteiger partial charge in [-0.15, -0.1) is 12.8 Å². The fraction of sp³-hybridized carbons (Fsp3) is 0.789. The number of carboxylic acids is 1. The number of carbonyl (C=O) groups excluding carboxylic acids is 1. The molecule has 7 heteroatoms. The predicted octanol–water partition coefficient (Wildman–Crippen LogP) is 4.31. The van der Waals surface area contributed by atoms with Crippen LogP contribution in [0.2, 0.25) is 0 Å². The minimum absolute atomic E-state index is 0.106. The molecule has 0 unspecified atom stereocenters. The van der Waals surface area contributed by atoms with E-state index in [1.54, 1.807) is 0 Å². The first-order valence-corrected chi connectivity index (χ1v) is 11.9. The molecule has 1 saturated heterocycles. The fourth-order valence-electron chi connectivity index (χ4n) is 1.74. The van der Waals surface area contributed by atoms with Crippen LogP contribution in [0.1, 0.15) is 72.1 Å². The summed E-state index contributed by atoms with van der Waals surface area (Å²) < 4.78 is 0. The van der Waals surface area contributed by atoms with Gasteiger partial charge in [-0.1, -0.05) is 61.6 Å². The minimum atomic E-state index is -0.946. The number of hydrogen-bond acceptors (Lipinski definition) is 5. The second-order valence-corrected chi connectivity index (χ2v) is 7.95. The van der Waals surface area contributed by atoms with Crippen molar-refractivity contribution in [3.63, 3.8) is 0 Å². The molecule has 1 rings (SSSR count). The third-order valence-corrected chi connectivity index (χ3v) is 5.70. The lowest BCUT2D eigenvalue weighted by Gasteiger charge is -2.06. The number of carboxylic acid groups (broad SMARTS) is 1. The van der Waals surface area contributed by atoms with E-state index in [-0.39, 0.29) is 5.91 Å². The maximum Gasteiger partial charge on any atom is 0.320 e. The van der Waals surface area contributed by atoms with Gasteiger partial charge in [0.05, 0.1) is 0 Å². The lowest BCUT2D eigenvalue weighted by molar-refractivity contribution is -0.138. The summed E-state index contributed by atoms with van der Waals surface area (Å²) in [4.78, 5) is 21.7. The number of hydrogen-bond donors (Lipinski definition) is 3. The first-order chi connectivity index (χ1) is 12.6. The van der Waals surface area contributed by atoms with Crippen LogP contribution in [0.15, 0.2) is 0 Å². The van der Waals surface area contributed by atoms with Crippen LogP contribution >= 0.6 is 21.6 Å². The average molecular weight is 407 g/mol. The van der Waals surface area contributed by atoms with Gasteiger partial charge in [-0.3, -0.25) is 9.59 Å². The molecule has 0 saturated carbocycles. The largest absolute Gasteiger partial charge is 0.480 e. The third-order valence-electron chi connectivity index (χ3n) is 3.13.